The molecule has 1 aliphatic heterocycles. The quantitative estimate of drug-likeness (QED) is 0.763. The van der Waals surface area contributed by atoms with Crippen molar-refractivity contribution in [3.63, 3.8) is 0 Å². The molecule has 0 bridgehead atoms. The van der Waals surface area contributed by atoms with E-state index in [-0.39, 0.29) is 11.9 Å². The third-order valence-corrected chi connectivity index (χ3v) is 3.47. The van der Waals surface area contributed by atoms with E-state index in [0.29, 0.717) is 23.3 Å². The number of imidazole rings is 1. The van der Waals surface area contributed by atoms with Gasteiger partial charge in [0.05, 0.1) is 28.7 Å². The summed E-state index contributed by atoms with van der Waals surface area (Å²) in [5.41, 5.74) is 2.35. The van der Waals surface area contributed by atoms with Gasteiger partial charge in [0.1, 0.15) is 0 Å². The molecule has 6 heteroatoms. The number of carbonyl (C=O) groups excluding carboxylic acids is 1. The van der Waals surface area contributed by atoms with Crippen molar-refractivity contribution in [2.75, 3.05) is 6.54 Å². The number of hydrogen-bond acceptors (Lipinski definition) is 3. The maximum absolute atomic E-state index is 11.3. The Balaban J connectivity index is 2.21. The van der Waals surface area contributed by atoms with Gasteiger partial charge in [0, 0.05) is 13.0 Å². The molecule has 3 rings (SSSR count). The third kappa shape index (κ3) is 1.60. The average Bonchev–Trinajstić information content (AvgIpc) is 2.90. The first-order valence-corrected chi connectivity index (χ1v) is 6.01. The van der Waals surface area contributed by atoms with E-state index in [1.165, 1.54) is 0 Å². The molecule has 0 saturated carbocycles. The Morgan fingerprint density at radius 2 is 2.33 bits per heavy atom. The van der Waals surface area contributed by atoms with Gasteiger partial charge in [0.25, 0.3) is 0 Å². The van der Waals surface area contributed by atoms with E-state index >= 15 is 0 Å². The smallest absolute Gasteiger partial charge is 0.222 e. The van der Waals surface area contributed by atoms with Gasteiger partial charge in [-0.3, -0.25) is 4.79 Å². The Kier molecular flexibility index (Phi) is 2.42. The van der Waals surface area contributed by atoms with E-state index in [0.717, 1.165) is 11.0 Å². The zero-order valence-electron chi connectivity index (χ0n) is 9.43. The van der Waals surface area contributed by atoms with Crippen LogP contribution in [0.4, 0.5) is 0 Å². The molecule has 1 aliphatic rings. The summed E-state index contributed by atoms with van der Waals surface area (Å²) in [5, 5.41) is 11.7. The zero-order chi connectivity index (χ0) is 12.7. The summed E-state index contributed by atoms with van der Waals surface area (Å²) in [6.45, 7) is 0.580. The van der Waals surface area contributed by atoms with Crippen LogP contribution in [0.5, 0.6) is 0 Å². The highest BCUT2D eigenvalue weighted by Crippen LogP contribution is 2.24. The van der Waals surface area contributed by atoms with Gasteiger partial charge in [-0.2, -0.15) is 5.26 Å². The Bertz CT molecular complexity index is 737. The topological polar surface area (TPSA) is 73.6 Å². The molecule has 0 radical (unpaired) electrons. The van der Waals surface area contributed by atoms with Gasteiger partial charge in [-0.25, -0.2) is 0 Å². The normalized spacial score (nSPS) is 18.8. The van der Waals surface area contributed by atoms with E-state index in [4.69, 9.17) is 17.5 Å². The Hall–Kier alpha value is -2.13. The van der Waals surface area contributed by atoms with Crippen LogP contribution in [0.3, 0.4) is 0 Å². The lowest BCUT2D eigenvalue weighted by molar-refractivity contribution is -0.119. The number of H-pyrrole nitrogens is 1. The lowest BCUT2D eigenvalue weighted by Gasteiger charge is -2.10. The van der Waals surface area contributed by atoms with Crippen LogP contribution >= 0.6 is 12.2 Å². The molecule has 1 amide bonds. The van der Waals surface area contributed by atoms with Gasteiger partial charge < -0.3 is 14.9 Å². The van der Waals surface area contributed by atoms with Crippen molar-refractivity contribution < 1.29 is 4.79 Å². The summed E-state index contributed by atoms with van der Waals surface area (Å²) >= 11 is 5.29. The van der Waals surface area contributed by atoms with Crippen molar-refractivity contribution in [3.8, 4) is 6.07 Å². The molecule has 1 unspecified atom stereocenters. The van der Waals surface area contributed by atoms with Crippen LogP contribution in [0.2, 0.25) is 0 Å². The SMILES string of the molecule is N#Cc1ccc2[nH]c(=S)n(C3CNC(=O)C3)c2c1. The highest BCUT2D eigenvalue weighted by molar-refractivity contribution is 7.71. The van der Waals surface area contributed by atoms with Crippen molar-refractivity contribution in [2.45, 2.75) is 12.5 Å². The molecule has 2 N–H and O–H groups in total. The predicted octanol–water partition coefficient (Wildman–Crippen LogP) is 1.63. The number of fused-ring (bicyclic) bond motifs is 1. The molecule has 2 heterocycles. The first kappa shape index (κ1) is 11.0. The standard InChI is InChI=1S/C12H10N4OS/c13-5-7-1-2-9-10(3-7)16(12(18)15-9)8-4-11(17)14-6-8/h1-3,8H,4,6H2,(H,14,17)(H,15,18). The summed E-state index contributed by atoms with van der Waals surface area (Å²) in [4.78, 5) is 14.4. The summed E-state index contributed by atoms with van der Waals surface area (Å²) in [5.74, 6) is 0.0349. The van der Waals surface area contributed by atoms with Crippen LogP contribution < -0.4 is 5.32 Å². The molecule has 2 aromatic rings. The van der Waals surface area contributed by atoms with Crippen LogP contribution in [0, 0.1) is 16.1 Å². The number of nitrogens with one attached hydrogen (secondary N) is 2. The van der Waals surface area contributed by atoms with Crippen LogP contribution in [-0.4, -0.2) is 22.0 Å². The Morgan fingerprint density at radius 3 is 3.00 bits per heavy atom. The molecule has 1 aromatic heterocycles. The van der Waals surface area contributed by atoms with Gasteiger partial charge in [0.2, 0.25) is 5.91 Å². The Labute approximate surface area is 108 Å². The second kappa shape index (κ2) is 3.96. The summed E-state index contributed by atoms with van der Waals surface area (Å²) in [7, 11) is 0. The highest BCUT2D eigenvalue weighted by Gasteiger charge is 2.25. The van der Waals surface area contributed by atoms with Gasteiger partial charge in [-0.05, 0) is 30.4 Å². The van der Waals surface area contributed by atoms with Crippen LogP contribution in [0.25, 0.3) is 11.0 Å². The minimum Gasteiger partial charge on any atom is -0.354 e. The van der Waals surface area contributed by atoms with Gasteiger partial charge in [-0.1, -0.05) is 0 Å². The molecule has 1 saturated heterocycles. The van der Waals surface area contributed by atoms with Crippen LogP contribution in [-0.2, 0) is 4.79 Å². The van der Waals surface area contributed by atoms with Crippen molar-refractivity contribution in [1.82, 2.24) is 14.9 Å². The molecule has 1 fully saturated rings. The van der Waals surface area contributed by atoms with E-state index < -0.39 is 0 Å². The summed E-state index contributed by atoms with van der Waals surface area (Å²) in [6, 6.07) is 7.51. The van der Waals surface area contributed by atoms with E-state index in [1.807, 2.05) is 10.6 Å². The van der Waals surface area contributed by atoms with E-state index in [1.54, 1.807) is 12.1 Å². The Morgan fingerprint density at radius 1 is 1.50 bits per heavy atom. The molecule has 1 aromatic carbocycles. The predicted molar refractivity (Wildman–Crippen MR) is 68.5 cm³/mol. The molecule has 18 heavy (non-hydrogen) atoms. The summed E-state index contributed by atoms with van der Waals surface area (Å²) < 4.78 is 2.50. The van der Waals surface area contributed by atoms with Gasteiger partial charge in [-0.15, -0.1) is 0 Å². The van der Waals surface area contributed by atoms with Crippen molar-refractivity contribution in [1.29, 1.82) is 5.26 Å². The largest absolute Gasteiger partial charge is 0.354 e. The van der Waals surface area contributed by atoms with Crippen molar-refractivity contribution in [3.05, 3.63) is 28.5 Å². The van der Waals surface area contributed by atoms with Gasteiger partial charge in [0.15, 0.2) is 4.77 Å². The molecule has 90 valence electrons. The zero-order valence-corrected chi connectivity index (χ0v) is 10.3. The summed E-state index contributed by atoms with van der Waals surface area (Å²) in [6.07, 6.45) is 0.429. The van der Waals surface area contributed by atoms with E-state index in [9.17, 15) is 4.79 Å². The third-order valence-electron chi connectivity index (χ3n) is 3.17. The number of benzene rings is 1. The van der Waals surface area contributed by atoms with E-state index in [2.05, 4.69) is 16.4 Å². The lowest BCUT2D eigenvalue weighted by atomic mass is 10.2. The second-order valence-electron chi connectivity index (χ2n) is 4.31. The number of rotatable bonds is 1. The molecule has 1 atom stereocenters. The van der Waals surface area contributed by atoms with Gasteiger partial charge >= 0.3 is 0 Å². The van der Waals surface area contributed by atoms with Crippen molar-refractivity contribution in [2.24, 2.45) is 0 Å². The first-order chi connectivity index (χ1) is 8.69. The molecule has 0 aliphatic carbocycles. The average molecular weight is 258 g/mol. The molecular weight excluding hydrogens is 248 g/mol. The number of amides is 1. The number of aromatic nitrogens is 2. The maximum atomic E-state index is 11.3. The van der Waals surface area contributed by atoms with Crippen molar-refractivity contribution >= 4 is 29.2 Å². The number of nitriles is 1. The van der Waals surface area contributed by atoms with Crippen LogP contribution in [0.15, 0.2) is 18.2 Å². The number of hydrogen-bond donors (Lipinski definition) is 2. The number of aromatic amines is 1. The monoisotopic (exact) mass is 258 g/mol. The molecular formula is C12H10N4OS. The fraction of sp³-hybridized carbons (Fsp3) is 0.250. The molecule has 0 spiro atoms. The fourth-order valence-electron chi connectivity index (χ4n) is 2.33. The maximum Gasteiger partial charge on any atom is 0.222 e. The lowest BCUT2D eigenvalue weighted by Crippen LogP contribution is -2.15. The second-order valence-corrected chi connectivity index (χ2v) is 4.69. The fourth-order valence-corrected chi connectivity index (χ4v) is 2.68. The number of nitrogens with zero attached hydrogens (tertiary/aromatic N) is 2. The minimum absolute atomic E-state index is 0.0210. The van der Waals surface area contributed by atoms with Crippen LogP contribution in [0.1, 0.15) is 18.0 Å². The first-order valence-electron chi connectivity index (χ1n) is 5.60. The molecule has 5 nitrogen and oxygen atoms in total. The minimum atomic E-state index is 0.0210. The highest BCUT2D eigenvalue weighted by atomic mass is 32.1. The number of carbonyl (C=O) groups is 1.